The van der Waals surface area contributed by atoms with Crippen LogP contribution in [0.25, 0.3) is 0 Å². The number of hydrogen-bond donors (Lipinski definition) is 3. The highest BCUT2D eigenvalue weighted by molar-refractivity contribution is 6.35. The van der Waals surface area contributed by atoms with E-state index in [4.69, 9.17) is 25.8 Å². The number of benzene rings is 2. The molecular formula is C24H27ClN4O6. The Morgan fingerprint density at radius 2 is 1.91 bits per heavy atom. The number of nitrogens with one attached hydrogen (secondary N) is 3. The fraction of sp³-hybridized carbons (Fsp3) is 0.333. The molecule has 3 amide bonds. The van der Waals surface area contributed by atoms with Gasteiger partial charge in [0.25, 0.3) is 5.91 Å². The second-order valence-corrected chi connectivity index (χ2v) is 7.96. The Labute approximate surface area is 208 Å². The summed E-state index contributed by atoms with van der Waals surface area (Å²) in [5.41, 5.74) is 3.37. The van der Waals surface area contributed by atoms with Crippen LogP contribution in [-0.4, -0.2) is 56.4 Å². The fourth-order valence-electron chi connectivity index (χ4n) is 3.17. The molecule has 0 spiro atoms. The molecule has 186 valence electrons. The van der Waals surface area contributed by atoms with Crippen LogP contribution < -0.4 is 25.5 Å². The van der Waals surface area contributed by atoms with Gasteiger partial charge in [-0.3, -0.25) is 14.4 Å². The van der Waals surface area contributed by atoms with Crippen LogP contribution in [0.1, 0.15) is 25.3 Å². The molecule has 0 unspecified atom stereocenters. The molecule has 1 aliphatic rings. The maximum absolute atomic E-state index is 12.2. The van der Waals surface area contributed by atoms with E-state index >= 15 is 0 Å². The summed E-state index contributed by atoms with van der Waals surface area (Å²) < 4.78 is 16.6. The van der Waals surface area contributed by atoms with Gasteiger partial charge in [-0.2, -0.15) is 5.10 Å². The molecule has 1 saturated heterocycles. The summed E-state index contributed by atoms with van der Waals surface area (Å²) in [4.78, 5) is 35.9. The normalized spacial score (nSPS) is 15.0. The summed E-state index contributed by atoms with van der Waals surface area (Å²) in [6, 6.07) is 11.7. The first-order chi connectivity index (χ1) is 16.9. The Kier molecular flexibility index (Phi) is 9.88. The maximum Gasteiger partial charge on any atom is 0.329 e. The zero-order valence-electron chi connectivity index (χ0n) is 19.2. The van der Waals surface area contributed by atoms with Gasteiger partial charge in [-0.25, -0.2) is 5.43 Å². The van der Waals surface area contributed by atoms with E-state index in [1.165, 1.54) is 6.21 Å². The summed E-state index contributed by atoms with van der Waals surface area (Å²) in [5, 5.41) is 9.62. The molecular weight excluding hydrogens is 476 g/mol. The van der Waals surface area contributed by atoms with E-state index in [2.05, 4.69) is 21.2 Å². The highest BCUT2D eigenvalue weighted by Crippen LogP contribution is 2.28. The van der Waals surface area contributed by atoms with Crippen LogP contribution in [0.5, 0.6) is 11.5 Å². The number of amides is 3. The second-order valence-electron chi connectivity index (χ2n) is 7.53. The minimum absolute atomic E-state index is 0.0588. The van der Waals surface area contributed by atoms with Crippen molar-refractivity contribution < 1.29 is 28.6 Å². The predicted octanol–water partition coefficient (Wildman–Crippen LogP) is 2.50. The number of carbonyl (C=O) groups excluding carboxylic acids is 3. The van der Waals surface area contributed by atoms with E-state index in [0.29, 0.717) is 41.0 Å². The zero-order valence-corrected chi connectivity index (χ0v) is 20.0. The smallest absolute Gasteiger partial charge is 0.329 e. The van der Waals surface area contributed by atoms with Gasteiger partial charge in [-0.05, 0) is 67.8 Å². The molecule has 3 rings (SSSR count). The van der Waals surface area contributed by atoms with Crippen LogP contribution in [-0.2, 0) is 19.1 Å². The molecule has 10 nitrogen and oxygen atoms in total. The van der Waals surface area contributed by atoms with Crippen LogP contribution >= 0.6 is 11.6 Å². The molecule has 2 aromatic carbocycles. The number of hydrogen-bond acceptors (Lipinski definition) is 7. The number of ether oxygens (including phenoxy) is 3. The Hall–Kier alpha value is -3.63. The molecule has 1 aliphatic heterocycles. The average Bonchev–Trinajstić information content (AvgIpc) is 3.37. The van der Waals surface area contributed by atoms with Gasteiger partial charge < -0.3 is 24.8 Å². The third kappa shape index (κ3) is 8.58. The Balaban J connectivity index is 1.50. The van der Waals surface area contributed by atoms with Crippen molar-refractivity contribution >= 4 is 41.2 Å². The molecule has 1 atom stereocenters. The first-order valence-corrected chi connectivity index (χ1v) is 11.5. The minimum Gasteiger partial charge on any atom is -0.490 e. The standard InChI is InChI=1S/C24H27ClN4O6/c1-2-33-21-12-16(13-27-29-24(32)23(31)26-14-19-4-3-11-34-19)5-10-20(21)35-15-22(30)28-18-8-6-17(25)7-9-18/h5-10,12-13,19H,2-4,11,14-15H2,1H3,(H,26,31)(H,28,30)(H,29,32)/b27-13-/t19-/m1/s1. The van der Waals surface area contributed by atoms with Crippen LogP contribution in [0, 0.1) is 0 Å². The molecule has 2 aromatic rings. The van der Waals surface area contributed by atoms with Gasteiger partial charge in [0.2, 0.25) is 0 Å². The SMILES string of the molecule is CCOc1cc(/C=N\NC(=O)C(=O)NC[C@H]2CCCO2)ccc1OCC(=O)Nc1ccc(Cl)cc1. The van der Waals surface area contributed by atoms with E-state index in [1.54, 1.807) is 42.5 Å². The molecule has 1 heterocycles. The Bertz CT molecular complexity index is 1050. The summed E-state index contributed by atoms with van der Waals surface area (Å²) in [7, 11) is 0. The monoisotopic (exact) mass is 502 g/mol. The average molecular weight is 503 g/mol. The molecule has 0 bridgehead atoms. The predicted molar refractivity (Wildman–Crippen MR) is 131 cm³/mol. The van der Waals surface area contributed by atoms with Crippen molar-refractivity contribution in [2.75, 3.05) is 31.7 Å². The van der Waals surface area contributed by atoms with Gasteiger partial charge in [0.15, 0.2) is 18.1 Å². The first-order valence-electron chi connectivity index (χ1n) is 11.1. The van der Waals surface area contributed by atoms with Crippen molar-refractivity contribution in [1.82, 2.24) is 10.7 Å². The van der Waals surface area contributed by atoms with Gasteiger partial charge in [-0.1, -0.05) is 11.6 Å². The number of halogens is 1. The number of rotatable bonds is 10. The molecule has 0 radical (unpaired) electrons. The van der Waals surface area contributed by atoms with Gasteiger partial charge in [-0.15, -0.1) is 0 Å². The van der Waals surface area contributed by atoms with Crippen molar-refractivity contribution in [1.29, 1.82) is 0 Å². The highest BCUT2D eigenvalue weighted by Gasteiger charge is 2.19. The van der Waals surface area contributed by atoms with E-state index in [0.717, 1.165) is 12.8 Å². The third-order valence-corrected chi connectivity index (χ3v) is 5.11. The number of hydrazone groups is 1. The molecule has 0 aromatic heterocycles. The van der Waals surface area contributed by atoms with Crippen molar-refractivity contribution in [2.24, 2.45) is 5.10 Å². The summed E-state index contributed by atoms with van der Waals surface area (Å²) in [6.45, 7) is 2.91. The Morgan fingerprint density at radius 1 is 1.11 bits per heavy atom. The lowest BCUT2D eigenvalue weighted by Gasteiger charge is -2.12. The van der Waals surface area contributed by atoms with Gasteiger partial charge >= 0.3 is 11.8 Å². The van der Waals surface area contributed by atoms with E-state index in [1.807, 2.05) is 6.92 Å². The Morgan fingerprint density at radius 3 is 2.63 bits per heavy atom. The highest BCUT2D eigenvalue weighted by atomic mass is 35.5. The van der Waals surface area contributed by atoms with Gasteiger partial charge in [0.1, 0.15) is 0 Å². The van der Waals surface area contributed by atoms with E-state index < -0.39 is 11.8 Å². The van der Waals surface area contributed by atoms with Gasteiger partial charge in [0.05, 0.1) is 18.9 Å². The largest absolute Gasteiger partial charge is 0.490 e. The summed E-state index contributed by atoms with van der Waals surface area (Å²) in [5.74, 6) is -1.24. The maximum atomic E-state index is 12.2. The quantitative estimate of drug-likeness (QED) is 0.260. The van der Waals surface area contributed by atoms with Crippen LogP contribution in [0.4, 0.5) is 5.69 Å². The van der Waals surface area contributed by atoms with Crippen LogP contribution in [0.2, 0.25) is 5.02 Å². The van der Waals surface area contributed by atoms with Crippen molar-refractivity contribution in [3.05, 3.63) is 53.1 Å². The van der Waals surface area contributed by atoms with Crippen molar-refractivity contribution in [3.8, 4) is 11.5 Å². The molecule has 3 N–H and O–H groups in total. The molecule has 35 heavy (non-hydrogen) atoms. The molecule has 0 saturated carbocycles. The summed E-state index contributed by atoms with van der Waals surface area (Å²) in [6.07, 6.45) is 3.11. The third-order valence-electron chi connectivity index (χ3n) is 4.85. The first kappa shape index (κ1) is 26.0. The van der Waals surface area contributed by atoms with E-state index in [-0.39, 0.29) is 25.2 Å². The zero-order chi connectivity index (χ0) is 25.0. The fourth-order valence-corrected chi connectivity index (χ4v) is 3.30. The van der Waals surface area contributed by atoms with Crippen molar-refractivity contribution in [3.63, 3.8) is 0 Å². The van der Waals surface area contributed by atoms with Gasteiger partial charge in [0, 0.05) is 23.9 Å². The molecule has 11 heteroatoms. The minimum atomic E-state index is -0.879. The van der Waals surface area contributed by atoms with Crippen LogP contribution in [0.15, 0.2) is 47.6 Å². The summed E-state index contributed by atoms with van der Waals surface area (Å²) >= 11 is 5.84. The van der Waals surface area contributed by atoms with Crippen molar-refractivity contribution in [2.45, 2.75) is 25.9 Å². The lowest BCUT2D eigenvalue weighted by molar-refractivity contribution is -0.139. The topological polar surface area (TPSA) is 127 Å². The number of anilines is 1. The number of nitrogens with zero attached hydrogens (tertiary/aromatic N) is 1. The molecule has 1 fully saturated rings. The molecule has 0 aliphatic carbocycles. The lowest BCUT2D eigenvalue weighted by Crippen LogP contribution is -2.41. The second kappa shape index (κ2) is 13.3. The van der Waals surface area contributed by atoms with Crippen LogP contribution in [0.3, 0.4) is 0 Å². The van der Waals surface area contributed by atoms with E-state index in [9.17, 15) is 14.4 Å². The number of carbonyl (C=O) groups is 3. The lowest BCUT2D eigenvalue weighted by atomic mass is 10.2.